The van der Waals surface area contributed by atoms with Crippen molar-refractivity contribution in [3.63, 3.8) is 0 Å². The van der Waals surface area contributed by atoms with Crippen LogP contribution in [-0.4, -0.2) is 91.5 Å². The van der Waals surface area contributed by atoms with Crippen molar-refractivity contribution in [2.45, 2.75) is 32.7 Å². The van der Waals surface area contributed by atoms with Crippen LogP contribution in [-0.2, 0) is 4.79 Å². The van der Waals surface area contributed by atoms with Gasteiger partial charge in [-0.25, -0.2) is 4.79 Å². The summed E-state index contributed by atoms with van der Waals surface area (Å²) < 4.78 is 0. The number of aliphatic imine (C=N–C) groups is 1. The van der Waals surface area contributed by atoms with Gasteiger partial charge in [0.05, 0.1) is 19.6 Å². The lowest BCUT2D eigenvalue weighted by Crippen LogP contribution is -2.46. The summed E-state index contributed by atoms with van der Waals surface area (Å²) in [6, 6.07) is 0.243. The predicted molar refractivity (Wildman–Crippen MR) is 94.0 cm³/mol. The fourth-order valence-electron chi connectivity index (χ4n) is 3.33. The normalized spacial score (nSPS) is 22.2. The Morgan fingerprint density at radius 2 is 2.21 bits per heavy atom. The average molecular weight is 338 g/mol. The number of urea groups is 1. The molecule has 8 heteroatoms. The zero-order valence-corrected chi connectivity index (χ0v) is 15.0. The third-order valence-electron chi connectivity index (χ3n) is 4.61. The summed E-state index contributed by atoms with van der Waals surface area (Å²) in [6.07, 6.45) is 2.48. The van der Waals surface area contributed by atoms with E-state index in [0.717, 1.165) is 25.6 Å². The number of carbonyl (C=O) groups excluding carboxylic acids is 2. The van der Waals surface area contributed by atoms with Crippen LogP contribution in [0.15, 0.2) is 4.99 Å². The van der Waals surface area contributed by atoms with Gasteiger partial charge in [0, 0.05) is 26.2 Å². The van der Waals surface area contributed by atoms with Crippen LogP contribution in [0.1, 0.15) is 26.7 Å². The van der Waals surface area contributed by atoms with Crippen molar-refractivity contribution >= 4 is 17.9 Å². The molecule has 2 N–H and O–H groups in total. The summed E-state index contributed by atoms with van der Waals surface area (Å²) in [6.45, 7) is 9.04. The number of hydrogen-bond acceptors (Lipinski definition) is 4. The molecule has 0 aromatic carbocycles. The van der Waals surface area contributed by atoms with Crippen LogP contribution in [0.25, 0.3) is 0 Å². The molecule has 0 aromatic rings. The zero-order chi connectivity index (χ0) is 17.5. The summed E-state index contributed by atoms with van der Waals surface area (Å²) in [5, 5.41) is 5.81. The highest BCUT2D eigenvalue weighted by Gasteiger charge is 2.28. The lowest BCUT2D eigenvalue weighted by atomic mass is 10.2. The Morgan fingerprint density at radius 1 is 1.42 bits per heavy atom. The van der Waals surface area contributed by atoms with Gasteiger partial charge in [0.15, 0.2) is 5.96 Å². The van der Waals surface area contributed by atoms with E-state index < -0.39 is 0 Å². The Kier molecular flexibility index (Phi) is 6.84. The van der Waals surface area contributed by atoms with Crippen LogP contribution in [0.3, 0.4) is 0 Å². The van der Waals surface area contributed by atoms with Crippen LogP contribution in [0.4, 0.5) is 4.79 Å². The van der Waals surface area contributed by atoms with Crippen LogP contribution in [0.2, 0.25) is 0 Å². The molecule has 8 nitrogen and oxygen atoms in total. The molecule has 0 aliphatic carbocycles. The van der Waals surface area contributed by atoms with E-state index in [9.17, 15) is 9.59 Å². The minimum Gasteiger partial charge on any atom is -0.357 e. The molecule has 2 saturated heterocycles. The molecule has 0 spiro atoms. The van der Waals surface area contributed by atoms with Crippen molar-refractivity contribution < 1.29 is 9.59 Å². The maximum Gasteiger partial charge on any atom is 0.324 e. The molecular formula is C16H30N6O2. The molecule has 0 saturated carbocycles. The molecule has 3 amide bonds. The monoisotopic (exact) mass is 338 g/mol. The number of imide groups is 1. The van der Waals surface area contributed by atoms with Gasteiger partial charge in [0.25, 0.3) is 0 Å². The number of rotatable bonds is 7. The van der Waals surface area contributed by atoms with E-state index in [1.807, 2.05) is 14.0 Å². The highest BCUT2D eigenvalue weighted by Crippen LogP contribution is 2.17. The van der Waals surface area contributed by atoms with Gasteiger partial charge in [0.1, 0.15) is 0 Å². The molecular weight excluding hydrogens is 308 g/mol. The highest BCUT2D eigenvalue weighted by atomic mass is 16.2. The molecule has 2 aliphatic rings. The molecule has 0 bridgehead atoms. The number of amides is 3. The predicted octanol–water partition coefficient (Wildman–Crippen LogP) is -0.0802. The van der Waals surface area contributed by atoms with Crippen molar-refractivity contribution in [2.75, 3.05) is 52.9 Å². The summed E-state index contributed by atoms with van der Waals surface area (Å²) in [4.78, 5) is 33.6. The summed E-state index contributed by atoms with van der Waals surface area (Å²) in [5.41, 5.74) is 0. The van der Waals surface area contributed by atoms with E-state index >= 15 is 0 Å². The van der Waals surface area contributed by atoms with E-state index in [2.05, 4.69) is 32.3 Å². The second kappa shape index (κ2) is 8.86. The molecule has 1 unspecified atom stereocenters. The van der Waals surface area contributed by atoms with E-state index in [-0.39, 0.29) is 18.5 Å². The SMILES string of the molecule is CCNC(=NCCN1C(=O)CNC1=O)N(C)CC1CCCN1CC. The first kappa shape index (κ1) is 18.5. The number of likely N-dealkylation sites (tertiary alicyclic amines) is 1. The molecule has 0 aromatic heterocycles. The van der Waals surface area contributed by atoms with Gasteiger partial charge in [-0.05, 0) is 32.9 Å². The fraction of sp³-hybridized carbons (Fsp3) is 0.812. The standard InChI is InChI=1S/C16H30N6O2/c1-4-17-15(18-8-10-22-14(23)11-19-16(22)24)20(3)12-13-7-6-9-21(13)5-2/h13H,4-12H2,1-3H3,(H,17,18)(H,19,24). The minimum absolute atomic E-state index is 0.0943. The third-order valence-corrected chi connectivity index (χ3v) is 4.61. The largest absolute Gasteiger partial charge is 0.357 e. The van der Waals surface area contributed by atoms with E-state index in [0.29, 0.717) is 19.1 Å². The quantitative estimate of drug-likeness (QED) is 0.386. The van der Waals surface area contributed by atoms with Gasteiger partial charge >= 0.3 is 6.03 Å². The van der Waals surface area contributed by atoms with Gasteiger partial charge < -0.3 is 15.5 Å². The number of hydrogen-bond donors (Lipinski definition) is 2. The van der Waals surface area contributed by atoms with Gasteiger partial charge in [-0.3, -0.25) is 19.6 Å². The Hall–Kier alpha value is -1.83. The summed E-state index contributed by atoms with van der Waals surface area (Å²) in [5.74, 6) is 0.644. The maximum absolute atomic E-state index is 11.6. The van der Waals surface area contributed by atoms with E-state index in [4.69, 9.17) is 0 Å². The van der Waals surface area contributed by atoms with Gasteiger partial charge in [0.2, 0.25) is 5.91 Å². The minimum atomic E-state index is -0.321. The fourth-order valence-corrected chi connectivity index (χ4v) is 3.33. The summed E-state index contributed by atoms with van der Waals surface area (Å²) in [7, 11) is 2.04. The zero-order valence-electron chi connectivity index (χ0n) is 15.0. The molecule has 1 atom stereocenters. The molecule has 136 valence electrons. The molecule has 2 fully saturated rings. The van der Waals surface area contributed by atoms with Gasteiger partial charge in [-0.2, -0.15) is 0 Å². The lowest BCUT2D eigenvalue weighted by molar-refractivity contribution is -0.124. The maximum atomic E-state index is 11.6. The van der Waals surface area contributed by atoms with Crippen molar-refractivity contribution in [2.24, 2.45) is 4.99 Å². The molecule has 2 rings (SSSR count). The van der Waals surface area contributed by atoms with Crippen molar-refractivity contribution in [3.05, 3.63) is 0 Å². The first-order valence-electron chi connectivity index (χ1n) is 8.88. The van der Waals surface area contributed by atoms with E-state index in [1.165, 1.54) is 24.3 Å². The first-order valence-corrected chi connectivity index (χ1v) is 8.88. The number of guanidine groups is 1. The van der Waals surface area contributed by atoms with Crippen molar-refractivity contribution in [3.8, 4) is 0 Å². The molecule has 0 radical (unpaired) electrons. The first-order chi connectivity index (χ1) is 11.6. The molecule has 24 heavy (non-hydrogen) atoms. The lowest BCUT2D eigenvalue weighted by Gasteiger charge is -2.30. The highest BCUT2D eigenvalue weighted by molar-refractivity contribution is 6.01. The second-order valence-corrected chi connectivity index (χ2v) is 6.24. The van der Waals surface area contributed by atoms with Gasteiger partial charge in [-0.1, -0.05) is 6.92 Å². The van der Waals surface area contributed by atoms with Crippen LogP contribution >= 0.6 is 0 Å². The van der Waals surface area contributed by atoms with Crippen LogP contribution < -0.4 is 10.6 Å². The Morgan fingerprint density at radius 3 is 2.83 bits per heavy atom. The summed E-state index contributed by atoms with van der Waals surface area (Å²) >= 11 is 0. The smallest absolute Gasteiger partial charge is 0.324 e. The topological polar surface area (TPSA) is 80.3 Å². The van der Waals surface area contributed by atoms with Crippen molar-refractivity contribution in [1.29, 1.82) is 0 Å². The Balaban J connectivity index is 1.89. The Labute approximate surface area is 144 Å². The van der Waals surface area contributed by atoms with Crippen LogP contribution in [0, 0.1) is 0 Å². The van der Waals surface area contributed by atoms with Crippen LogP contribution in [0.5, 0.6) is 0 Å². The van der Waals surface area contributed by atoms with Crippen molar-refractivity contribution in [1.82, 2.24) is 25.3 Å². The van der Waals surface area contributed by atoms with E-state index in [1.54, 1.807) is 0 Å². The average Bonchev–Trinajstić information content (AvgIpc) is 3.14. The number of likely N-dealkylation sites (N-methyl/N-ethyl adjacent to an activating group) is 2. The molecule has 2 aliphatic heterocycles. The number of nitrogens with zero attached hydrogens (tertiary/aromatic N) is 4. The number of nitrogens with one attached hydrogen (secondary N) is 2. The number of carbonyl (C=O) groups is 2. The Bertz CT molecular complexity index is 465. The third kappa shape index (κ3) is 4.59. The van der Waals surface area contributed by atoms with Gasteiger partial charge in [-0.15, -0.1) is 0 Å². The second-order valence-electron chi connectivity index (χ2n) is 6.24. The molecule has 2 heterocycles.